The molecule has 0 bridgehead atoms. The van der Waals surface area contributed by atoms with Gasteiger partial charge in [0.15, 0.2) is 5.78 Å². The number of hydrogen-bond donors (Lipinski definition) is 1. The molecular weight excluding hydrogens is 320 g/mol. The van der Waals surface area contributed by atoms with Crippen molar-refractivity contribution in [3.05, 3.63) is 29.3 Å². The molecule has 5 nitrogen and oxygen atoms in total. The first-order chi connectivity index (χ1) is 11.5. The first-order valence-corrected chi connectivity index (χ1v) is 9.28. The molecule has 2 heterocycles. The summed E-state index contributed by atoms with van der Waals surface area (Å²) in [5.74, 6) is 0.102. The van der Waals surface area contributed by atoms with Gasteiger partial charge < -0.3 is 15.1 Å². The summed E-state index contributed by atoms with van der Waals surface area (Å²) < 4.78 is 0. The van der Waals surface area contributed by atoms with Crippen molar-refractivity contribution < 1.29 is 4.79 Å². The fourth-order valence-corrected chi connectivity index (χ4v) is 4.22. The van der Waals surface area contributed by atoms with Crippen LogP contribution in [0.1, 0.15) is 6.92 Å². The summed E-state index contributed by atoms with van der Waals surface area (Å²) in [4.78, 5) is 19.8. The zero-order chi connectivity index (χ0) is 17.1. The minimum Gasteiger partial charge on any atom is -0.378 e. The van der Waals surface area contributed by atoms with Crippen LogP contribution in [0, 0.1) is 0 Å². The van der Waals surface area contributed by atoms with E-state index in [1.807, 2.05) is 0 Å². The second-order valence-electron chi connectivity index (χ2n) is 6.49. The van der Waals surface area contributed by atoms with E-state index < -0.39 is 0 Å². The highest BCUT2D eigenvalue weighted by Crippen LogP contribution is 2.47. The third-order valence-corrected chi connectivity index (χ3v) is 5.52. The molecular formula is C18H26N4OS. The van der Waals surface area contributed by atoms with E-state index in [4.69, 9.17) is 0 Å². The summed E-state index contributed by atoms with van der Waals surface area (Å²) >= 11 is 1.70. The zero-order valence-electron chi connectivity index (χ0n) is 14.7. The van der Waals surface area contributed by atoms with E-state index in [1.54, 1.807) is 24.8 Å². The molecule has 2 aliphatic heterocycles. The normalized spacial score (nSPS) is 19.6. The predicted molar refractivity (Wildman–Crippen MR) is 102 cm³/mol. The van der Waals surface area contributed by atoms with Gasteiger partial charge in [0.1, 0.15) is 0 Å². The van der Waals surface area contributed by atoms with Gasteiger partial charge in [-0.1, -0.05) is 11.8 Å². The maximum absolute atomic E-state index is 11.6. The molecule has 0 saturated carbocycles. The van der Waals surface area contributed by atoms with Crippen molar-refractivity contribution >= 4 is 28.9 Å². The number of nitrogens with zero attached hydrogens (tertiary/aromatic N) is 3. The number of allylic oxidation sites excluding steroid dienone is 1. The van der Waals surface area contributed by atoms with Gasteiger partial charge in [-0.3, -0.25) is 9.69 Å². The van der Waals surface area contributed by atoms with E-state index in [0.717, 1.165) is 44.3 Å². The highest BCUT2D eigenvalue weighted by Gasteiger charge is 2.26. The standard InChI is InChI=1S/C18H26N4OS/c1-14(23)12-18-22(11-10-21-8-6-19-7-9-21)16-13-15(20(2)3)4-5-17(16)24-18/h4-5,12-13,19H,6-11H2,1-3H3/b18-12-. The number of ketones is 1. The number of anilines is 2. The highest BCUT2D eigenvalue weighted by atomic mass is 32.2. The van der Waals surface area contributed by atoms with E-state index in [9.17, 15) is 4.79 Å². The van der Waals surface area contributed by atoms with Crippen LogP contribution in [0.3, 0.4) is 0 Å². The molecule has 6 heteroatoms. The Bertz CT molecular complexity index is 638. The zero-order valence-corrected chi connectivity index (χ0v) is 15.5. The van der Waals surface area contributed by atoms with Crippen LogP contribution >= 0.6 is 11.8 Å². The highest BCUT2D eigenvalue weighted by molar-refractivity contribution is 8.03. The molecule has 0 spiro atoms. The Morgan fingerprint density at radius 3 is 2.71 bits per heavy atom. The summed E-state index contributed by atoms with van der Waals surface area (Å²) in [6.45, 7) is 7.86. The molecule has 1 saturated heterocycles. The van der Waals surface area contributed by atoms with Crippen molar-refractivity contribution in [2.45, 2.75) is 11.8 Å². The molecule has 0 unspecified atom stereocenters. The number of carbonyl (C=O) groups is 1. The van der Waals surface area contributed by atoms with Crippen molar-refractivity contribution in [1.82, 2.24) is 10.2 Å². The summed E-state index contributed by atoms with van der Waals surface area (Å²) in [5, 5.41) is 4.44. The quantitative estimate of drug-likeness (QED) is 0.822. The van der Waals surface area contributed by atoms with Crippen LogP contribution in [0.2, 0.25) is 0 Å². The Morgan fingerprint density at radius 2 is 2.04 bits per heavy atom. The summed E-state index contributed by atoms with van der Waals surface area (Å²) in [6.07, 6.45) is 1.76. The molecule has 0 amide bonds. The fourth-order valence-electron chi connectivity index (χ4n) is 3.06. The number of carbonyl (C=O) groups excluding carboxylic acids is 1. The first-order valence-electron chi connectivity index (χ1n) is 8.47. The Kier molecular flexibility index (Phi) is 5.48. The van der Waals surface area contributed by atoms with Gasteiger partial charge in [0, 0.05) is 70.0 Å². The van der Waals surface area contributed by atoms with Crippen molar-refractivity contribution in [2.24, 2.45) is 0 Å². The van der Waals surface area contributed by atoms with Crippen LogP contribution in [0.4, 0.5) is 11.4 Å². The molecule has 0 aromatic heterocycles. The SMILES string of the molecule is CC(=O)/C=C1\Sc2ccc(N(C)C)cc2N1CCN1CCNCC1. The third-order valence-electron chi connectivity index (χ3n) is 4.41. The number of rotatable bonds is 5. The lowest BCUT2D eigenvalue weighted by Gasteiger charge is -2.30. The third kappa shape index (κ3) is 3.94. The van der Waals surface area contributed by atoms with E-state index in [2.05, 4.69) is 52.3 Å². The van der Waals surface area contributed by atoms with Crippen LogP contribution in [0.5, 0.6) is 0 Å². The minimum absolute atomic E-state index is 0.102. The first kappa shape index (κ1) is 17.3. The smallest absolute Gasteiger partial charge is 0.155 e. The molecule has 24 heavy (non-hydrogen) atoms. The van der Waals surface area contributed by atoms with Gasteiger partial charge in [0.05, 0.1) is 10.7 Å². The summed E-state index contributed by atoms with van der Waals surface area (Å²) in [7, 11) is 4.11. The van der Waals surface area contributed by atoms with Crippen molar-refractivity contribution in [2.75, 3.05) is 63.2 Å². The van der Waals surface area contributed by atoms with Gasteiger partial charge in [-0.25, -0.2) is 0 Å². The Hall–Kier alpha value is -1.50. The number of nitrogens with one attached hydrogen (secondary N) is 1. The Balaban J connectivity index is 1.82. The van der Waals surface area contributed by atoms with Gasteiger partial charge in [-0.15, -0.1) is 0 Å². The minimum atomic E-state index is 0.102. The molecule has 2 aliphatic rings. The average molecular weight is 347 g/mol. The van der Waals surface area contributed by atoms with Crippen LogP contribution < -0.4 is 15.1 Å². The van der Waals surface area contributed by atoms with E-state index in [0.29, 0.717) is 0 Å². The van der Waals surface area contributed by atoms with Gasteiger partial charge in [-0.05, 0) is 25.1 Å². The molecule has 1 fully saturated rings. The van der Waals surface area contributed by atoms with Gasteiger partial charge in [0.25, 0.3) is 0 Å². The maximum atomic E-state index is 11.6. The van der Waals surface area contributed by atoms with E-state index in [1.165, 1.54) is 16.3 Å². The topological polar surface area (TPSA) is 38.8 Å². The fraction of sp³-hybridized carbons (Fsp3) is 0.500. The number of benzene rings is 1. The number of thioether (sulfide) groups is 1. The average Bonchev–Trinajstić information content (AvgIpc) is 2.89. The molecule has 1 aromatic rings. The Morgan fingerprint density at radius 1 is 1.29 bits per heavy atom. The van der Waals surface area contributed by atoms with E-state index in [-0.39, 0.29) is 5.78 Å². The molecule has 1 aromatic carbocycles. The largest absolute Gasteiger partial charge is 0.378 e. The van der Waals surface area contributed by atoms with Gasteiger partial charge in [-0.2, -0.15) is 0 Å². The van der Waals surface area contributed by atoms with Crippen molar-refractivity contribution in [3.63, 3.8) is 0 Å². The predicted octanol–water partition coefficient (Wildman–Crippen LogP) is 2.00. The molecule has 3 rings (SSSR count). The van der Waals surface area contributed by atoms with Gasteiger partial charge in [0.2, 0.25) is 0 Å². The lowest BCUT2D eigenvalue weighted by molar-refractivity contribution is -0.112. The lowest BCUT2D eigenvalue weighted by Crippen LogP contribution is -2.46. The van der Waals surface area contributed by atoms with Crippen LogP contribution in [-0.4, -0.2) is 64.0 Å². The summed E-state index contributed by atoms with van der Waals surface area (Å²) in [5.41, 5.74) is 2.40. The molecule has 0 aliphatic carbocycles. The second-order valence-corrected chi connectivity index (χ2v) is 7.55. The van der Waals surface area contributed by atoms with Crippen LogP contribution in [0.25, 0.3) is 0 Å². The van der Waals surface area contributed by atoms with Crippen LogP contribution in [-0.2, 0) is 4.79 Å². The van der Waals surface area contributed by atoms with Gasteiger partial charge >= 0.3 is 0 Å². The van der Waals surface area contributed by atoms with E-state index >= 15 is 0 Å². The second kappa shape index (κ2) is 7.59. The Labute approximate surface area is 148 Å². The lowest BCUT2D eigenvalue weighted by atomic mass is 10.2. The number of hydrogen-bond acceptors (Lipinski definition) is 6. The molecule has 0 atom stereocenters. The molecule has 130 valence electrons. The number of piperazine rings is 1. The number of fused-ring (bicyclic) bond motifs is 1. The van der Waals surface area contributed by atoms with Crippen molar-refractivity contribution in [1.29, 1.82) is 0 Å². The van der Waals surface area contributed by atoms with Crippen molar-refractivity contribution in [3.8, 4) is 0 Å². The maximum Gasteiger partial charge on any atom is 0.155 e. The van der Waals surface area contributed by atoms with Crippen LogP contribution in [0.15, 0.2) is 34.2 Å². The molecule has 0 radical (unpaired) electrons. The molecule has 1 N–H and O–H groups in total. The monoisotopic (exact) mass is 346 g/mol. The summed E-state index contributed by atoms with van der Waals surface area (Å²) in [6, 6.07) is 6.52.